The first-order valence-corrected chi connectivity index (χ1v) is 8.77. The Morgan fingerprint density at radius 1 is 1.04 bits per heavy atom. The first kappa shape index (κ1) is 15.6. The van der Waals surface area contributed by atoms with Crippen LogP contribution < -0.4 is 5.32 Å². The van der Waals surface area contributed by atoms with Gasteiger partial charge in [0.05, 0.1) is 5.69 Å². The van der Waals surface area contributed by atoms with Crippen LogP contribution in [0.2, 0.25) is 0 Å². The highest BCUT2D eigenvalue weighted by Crippen LogP contribution is 2.49. The van der Waals surface area contributed by atoms with Crippen LogP contribution in [0.4, 0.5) is 5.69 Å². The summed E-state index contributed by atoms with van der Waals surface area (Å²) in [4.78, 5) is 25.3. The van der Waals surface area contributed by atoms with Gasteiger partial charge in [0.25, 0.3) is 0 Å². The molecule has 25 heavy (non-hydrogen) atoms. The van der Waals surface area contributed by atoms with Crippen LogP contribution in [0.15, 0.2) is 60.7 Å². The minimum absolute atomic E-state index is 0.0896. The van der Waals surface area contributed by atoms with Gasteiger partial charge in [-0.3, -0.25) is 4.79 Å². The Balaban J connectivity index is 1.95. The second kappa shape index (κ2) is 6.18. The van der Waals surface area contributed by atoms with E-state index in [4.69, 9.17) is 0 Å². The highest BCUT2D eigenvalue weighted by Gasteiger charge is 2.34. The number of hydrogen-bond donors (Lipinski definition) is 2. The normalized spacial score (nSPS) is 16.2. The molecule has 4 nitrogen and oxygen atoms in total. The van der Waals surface area contributed by atoms with Gasteiger partial charge in [0.2, 0.25) is 5.91 Å². The maximum absolute atomic E-state index is 12.3. The van der Waals surface area contributed by atoms with Crippen LogP contribution in [0.5, 0.6) is 0 Å². The van der Waals surface area contributed by atoms with Crippen molar-refractivity contribution in [3.05, 3.63) is 76.0 Å². The highest BCUT2D eigenvalue weighted by molar-refractivity contribution is 7.15. The van der Waals surface area contributed by atoms with E-state index in [0.717, 1.165) is 16.0 Å². The zero-order valence-electron chi connectivity index (χ0n) is 13.2. The van der Waals surface area contributed by atoms with Crippen molar-refractivity contribution in [2.45, 2.75) is 12.3 Å². The van der Waals surface area contributed by atoms with Crippen LogP contribution in [0.3, 0.4) is 0 Å². The Labute approximate surface area is 148 Å². The maximum atomic E-state index is 12.3. The van der Waals surface area contributed by atoms with Gasteiger partial charge in [-0.25, -0.2) is 4.79 Å². The molecule has 0 fully saturated rings. The Bertz CT molecular complexity index is 948. The zero-order chi connectivity index (χ0) is 17.4. The predicted octanol–water partition coefficient (Wildman–Crippen LogP) is 4.59. The van der Waals surface area contributed by atoms with Crippen molar-refractivity contribution >= 4 is 28.9 Å². The quantitative estimate of drug-likeness (QED) is 0.727. The molecule has 1 unspecified atom stereocenters. The van der Waals surface area contributed by atoms with Crippen LogP contribution in [0.1, 0.15) is 32.5 Å². The molecule has 2 heterocycles. The van der Waals surface area contributed by atoms with Crippen molar-refractivity contribution in [1.29, 1.82) is 0 Å². The molecule has 0 radical (unpaired) electrons. The van der Waals surface area contributed by atoms with Gasteiger partial charge in [-0.15, -0.1) is 11.3 Å². The van der Waals surface area contributed by atoms with Gasteiger partial charge in [0.1, 0.15) is 4.88 Å². The van der Waals surface area contributed by atoms with E-state index in [1.54, 1.807) is 0 Å². The standard InChI is InChI=1S/C20H15NO3S/c22-15-11-14(12-7-3-1-4-8-12)18-17(21-15)16(19(25-18)20(23)24)13-9-5-2-6-10-13/h1-10,14H,11H2,(H,21,22)(H,23,24). The number of carboxylic acid groups (broad SMARTS) is 1. The van der Waals surface area contributed by atoms with Crippen LogP contribution in [0.25, 0.3) is 11.1 Å². The number of anilines is 1. The summed E-state index contributed by atoms with van der Waals surface area (Å²) < 4.78 is 0. The molecule has 1 aliphatic rings. The van der Waals surface area contributed by atoms with E-state index in [-0.39, 0.29) is 16.7 Å². The van der Waals surface area contributed by atoms with E-state index in [1.807, 2.05) is 60.7 Å². The third-order valence-corrected chi connectivity index (χ3v) is 5.66. The second-order valence-electron chi connectivity index (χ2n) is 5.93. The predicted molar refractivity (Wildman–Crippen MR) is 98.2 cm³/mol. The molecule has 2 aromatic carbocycles. The fraction of sp³-hybridized carbons (Fsp3) is 0.100. The van der Waals surface area contributed by atoms with Crippen LogP contribution in [0, 0.1) is 0 Å². The molecule has 2 N–H and O–H groups in total. The summed E-state index contributed by atoms with van der Waals surface area (Å²) in [6, 6.07) is 19.1. The molecular weight excluding hydrogens is 334 g/mol. The lowest BCUT2D eigenvalue weighted by molar-refractivity contribution is -0.116. The van der Waals surface area contributed by atoms with E-state index >= 15 is 0 Å². The molecule has 0 saturated heterocycles. The molecule has 3 aromatic rings. The first-order chi connectivity index (χ1) is 12.1. The molecular formula is C20H15NO3S. The van der Waals surface area contributed by atoms with Crippen molar-refractivity contribution in [3.8, 4) is 11.1 Å². The number of nitrogens with one attached hydrogen (secondary N) is 1. The first-order valence-electron chi connectivity index (χ1n) is 7.95. The number of carbonyl (C=O) groups excluding carboxylic acids is 1. The third kappa shape index (κ3) is 2.72. The second-order valence-corrected chi connectivity index (χ2v) is 6.98. The summed E-state index contributed by atoms with van der Waals surface area (Å²) in [6.45, 7) is 0. The molecule has 1 aromatic heterocycles. The number of aromatic carboxylic acids is 1. The van der Waals surface area contributed by atoms with Gasteiger partial charge in [0.15, 0.2) is 0 Å². The lowest BCUT2D eigenvalue weighted by Gasteiger charge is -2.23. The van der Waals surface area contributed by atoms with Crippen molar-refractivity contribution < 1.29 is 14.7 Å². The molecule has 1 atom stereocenters. The number of hydrogen-bond acceptors (Lipinski definition) is 3. The van der Waals surface area contributed by atoms with Gasteiger partial charge in [0, 0.05) is 22.8 Å². The van der Waals surface area contributed by atoms with E-state index in [9.17, 15) is 14.7 Å². The van der Waals surface area contributed by atoms with Crippen LogP contribution in [-0.4, -0.2) is 17.0 Å². The fourth-order valence-electron chi connectivity index (χ4n) is 3.27. The number of carbonyl (C=O) groups is 2. The molecule has 0 saturated carbocycles. The molecule has 124 valence electrons. The van der Waals surface area contributed by atoms with Gasteiger partial charge < -0.3 is 10.4 Å². The average Bonchev–Trinajstić information content (AvgIpc) is 3.02. The third-order valence-electron chi connectivity index (χ3n) is 4.36. The molecule has 1 amide bonds. The van der Waals surface area contributed by atoms with Gasteiger partial charge >= 0.3 is 5.97 Å². The van der Waals surface area contributed by atoms with Crippen LogP contribution >= 0.6 is 11.3 Å². The summed E-state index contributed by atoms with van der Waals surface area (Å²) in [7, 11) is 0. The Kier molecular flexibility index (Phi) is 3.86. The highest BCUT2D eigenvalue weighted by atomic mass is 32.1. The lowest BCUT2D eigenvalue weighted by atomic mass is 9.89. The monoisotopic (exact) mass is 349 g/mol. The van der Waals surface area contributed by atoms with Crippen molar-refractivity contribution in [2.24, 2.45) is 0 Å². The van der Waals surface area contributed by atoms with E-state index < -0.39 is 5.97 Å². The smallest absolute Gasteiger partial charge is 0.346 e. The van der Waals surface area contributed by atoms with E-state index in [0.29, 0.717) is 17.7 Å². The zero-order valence-corrected chi connectivity index (χ0v) is 14.0. The van der Waals surface area contributed by atoms with Gasteiger partial charge in [-0.05, 0) is 11.1 Å². The number of benzene rings is 2. The lowest BCUT2D eigenvalue weighted by Crippen LogP contribution is -2.22. The molecule has 5 heteroatoms. The number of carboxylic acids is 1. The van der Waals surface area contributed by atoms with E-state index in [1.165, 1.54) is 11.3 Å². The largest absolute Gasteiger partial charge is 0.477 e. The molecule has 1 aliphatic heterocycles. The summed E-state index contributed by atoms with van der Waals surface area (Å²) >= 11 is 1.26. The minimum atomic E-state index is -0.973. The van der Waals surface area contributed by atoms with Crippen molar-refractivity contribution in [3.63, 3.8) is 0 Å². The summed E-state index contributed by atoms with van der Waals surface area (Å²) in [5, 5.41) is 12.6. The van der Waals surface area contributed by atoms with Crippen molar-refractivity contribution in [1.82, 2.24) is 0 Å². The fourth-order valence-corrected chi connectivity index (χ4v) is 4.52. The van der Waals surface area contributed by atoms with Gasteiger partial charge in [-0.1, -0.05) is 60.7 Å². The minimum Gasteiger partial charge on any atom is -0.477 e. The Morgan fingerprint density at radius 3 is 2.32 bits per heavy atom. The van der Waals surface area contributed by atoms with E-state index in [2.05, 4.69) is 5.32 Å². The summed E-state index contributed by atoms with van der Waals surface area (Å²) in [5.74, 6) is -1.18. The summed E-state index contributed by atoms with van der Waals surface area (Å²) in [6.07, 6.45) is 0.324. The summed E-state index contributed by atoms with van der Waals surface area (Å²) in [5.41, 5.74) is 3.06. The molecule has 0 bridgehead atoms. The molecule has 0 spiro atoms. The Morgan fingerprint density at radius 2 is 1.68 bits per heavy atom. The van der Waals surface area contributed by atoms with Crippen molar-refractivity contribution in [2.75, 3.05) is 5.32 Å². The topological polar surface area (TPSA) is 66.4 Å². The number of fused-ring (bicyclic) bond motifs is 1. The Hall–Kier alpha value is -2.92. The number of thiophene rings is 1. The SMILES string of the molecule is O=C1CC(c2ccccc2)c2sc(C(=O)O)c(-c3ccccc3)c2N1. The number of amides is 1. The number of rotatable bonds is 3. The molecule has 4 rings (SSSR count). The molecule has 0 aliphatic carbocycles. The maximum Gasteiger partial charge on any atom is 0.346 e. The average molecular weight is 349 g/mol. The van der Waals surface area contributed by atoms with Crippen LogP contribution in [-0.2, 0) is 4.79 Å². The van der Waals surface area contributed by atoms with Gasteiger partial charge in [-0.2, -0.15) is 0 Å².